The van der Waals surface area contributed by atoms with Gasteiger partial charge in [-0.2, -0.15) is 0 Å². The van der Waals surface area contributed by atoms with Crippen LogP contribution in [0.3, 0.4) is 0 Å². The van der Waals surface area contributed by atoms with Crippen LogP contribution in [0.25, 0.3) is 0 Å². The first-order valence-corrected chi connectivity index (χ1v) is 5.79. The Morgan fingerprint density at radius 2 is 1.44 bits per heavy atom. The molecule has 0 amide bonds. The number of aryl methyl sites for hydroxylation is 2. The first kappa shape index (κ1) is 12.4. The molecule has 0 aliphatic rings. The molecule has 0 aliphatic carbocycles. The van der Waals surface area contributed by atoms with Crippen molar-refractivity contribution in [3.63, 3.8) is 0 Å². The zero-order valence-corrected chi connectivity index (χ0v) is 10.1. The molecule has 1 heterocycles. The quantitative estimate of drug-likeness (QED) is 0.737. The van der Waals surface area contributed by atoms with Crippen molar-refractivity contribution < 1.29 is 0 Å². The number of pyridine rings is 1. The summed E-state index contributed by atoms with van der Waals surface area (Å²) in [5.74, 6) is 0. The molecular formula is C15H19N. The summed E-state index contributed by atoms with van der Waals surface area (Å²) in [6.45, 7) is 4.28. The van der Waals surface area contributed by atoms with E-state index in [-0.39, 0.29) is 0 Å². The Balaban J connectivity index is 0.000000160. The van der Waals surface area contributed by atoms with Crippen LogP contribution in [-0.4, -0.2) is 4.98 Å². The van der Waals surface area contributed by atoms with Gasteiger partial charge in [0.25, 0.3) is 0 Å². The Hall–Kier alpha value is -1.63. The highest BCUT2D eigenvalue weighted by atomic mass is 14.6. The standard InChI is InChI=1S/C8H10.C7H9N/c1-2-8-6-4-3-5-7-8;1-2-7-4-3-5-8-6-7/h3-7H,2H2,1H3;3-6H,2H2,1H3. The molecule has 2 rings (SSSR count). The Labute approximate surface area is 98.2 Å². The van der Waals surface area contributed by atoms with Gasteiger partial charge in [0.15, 0.2) is 0 Å². The van der Waals surface area contributed by atoms with Crippen LogP contribution in [0.15, 0.2) is 54.9 Å². The van der Waals surface area contributed by atoms with Crippen molar-refractivity contribution in [3.05, 3.63) is 66.0 Å². The summed E-state index contributed by atoms with van der Waals surface area (Å²) < 4.78 is 0. The van der Waals surface area contributed by atoms with Gasteiger partial charge >= 0.3 is 0 Å². The SMILES string of the molecule is CCc1ccccc1.CCc1cccnc1. The van der Waals surface area contributed by atoms with E-state index in [0.717, 1.165) is 12.8 Å². The topological polar surface area (TPSA) is 12.9 Å². The molecule has 16 heavy (non-hydrogen) atoms. The molecule has 84 valence electrons. The van der Waals surface area contributed by atoms with Crippen LogP contribution in [0.2, 0.25) is 0 Å². The predicted octanol–water partition coefficient (Wildman–Crippen LogP) is 3.89. The molecular weight excluding hydrogens is 194 g/mol. The maximum atomic E-state index is 3.96. The average Bonchev–Trinajstić information content (AvgIpc) is 2.41. The van der Waals surface area contributed by atoms with Crippen molar-refractivity contribution in [2.45, 2.75) is 26.7 Å². The second-order valence-corrected chi connectivity index (χ2v) is 3.55. The first-order valence-electron chi connectivity index (χ1n) is 5.79. The number of aromatic nitrogens is 1. The molecule has 1 aromatic carbocycles. The Morgan fingerprint density at radius 3 is 1.81 bits per heavy atom. The summed E-state index contributed by atoms with van der Waals surface area (Å²) in [7, 11) is 0. The molecule has 0 radical (unpaired) electrons. The van der Waals surface area contributed by atoms with Gasteiger partial charge in [-0.15, -0.1) is 0 Å². The van der Waals surface area contributed by atoms with Gasteiger partial charge in [0.1, 0.15) is 0 Å². The number of hydrogen-bond acceptors (Lipinski definition) is 1. The number of nitrogens with zero attached hydrogens (tertiary/aromatic N) is 1. The second kappa shape index (κ2) is 7.63. The van der Waals surface area contributed by atoms with Crippen LogP contribution in [0, 0.1) is 0 Å². The fraction of sp³-hybridized carbons (Fsp3) is 0.267. The zero-order valence-electron chi connectivity index (χ0n) is 10.1. The third kappa shape index (κ3) is 4.74. The van der Waals surface area contributed by atoms with Gasteiger partial charge < -0.3 is 0 Å². The highest BCUT2D eigenvalue weighted by molar-refractivity contribution is 5.13. The lowest BCUT2D eigenvalue weighted by molar-refractivity contribution is 1.10. The van der Waals surface area contributed by atoms with Crippen molar-refractivity contribution in [1.29, 1.82) is 0 Å². The summed E-state index contributed by atoms with van der Waals surface area (Å²) in [6.07, 6.45) is 5.90. The summed E-state index contributed by atoms with van der Waals surface area (Å²) >= 11 is 0. The minimum absolute atomic E-state index is 1.08. The normalized spacial score (nSPS) is 9.12. The minimum atomic E-state index is 1.08. The lowest BCUT2D eigenvalue weighted by atomic mass is 10.2. The zero-order chi connectivity index (χ0) is 11.6. The van der Waals surface area contributed by atoms with Crippen LogP contribution in [0.5, 0.6) is 0 Å². The Morgan fingerprint density at radius 1 is 0.812 bits per heavy atom. The molecule has 2 aromatic rings. The summed E-state index contributed by atoms with van der Waals surface area (Å²) in [5, 5.41) is 0. The van der Waals surface area contributed by atoms with Crippen molar-refractivity contribution in [2.24, 2.45) is 0 Å². The number of rotatable bonds is 2. The van der Waals surface area contributed by atoms with E-state index in [0.29, 0.717) is 0 Å². The highest BCUT2D eigenvalue weighted by Gasteiger charge is 1.81. The van der Waals surface area contributed by atoms with E-state index in [9.17, 15) is 0 Å². The predicted molar refractivity (Wildman–Crippen MR) is 69.4 cm³/mol. The van der Waals surface area contributed by atoms with E-state index in [1.54, 1.807) is 6.20 Å². The molecule has 0 fully saturated rings. The maximum Gasteiger partial charge on any atom is 0.0299 e. The largest absolute Gasteiger partial charge is 0.264 e. The minimum Gasteiger partial charge on any atom is -0.264 e. The van der Waals surface area contributed by atoms with Crippen LogP contribution in [0.1, 0.15) is 25.0 Å². The van der Waals surface area contributed by atoms with E-state index in [2.05, 4.69) is 49.2 Å². The molecule has 0 aliphatic heterocycles. The van der Waals surface area contributed by atoms with Crippen LogP contribution >= 0.6 is 0 Å². The highest BCUT2D eigenvalue weighted by Crippen LogP contribution is 1.96. The summed E-state index contributed by atoms with van der Waals surface area (Å²) in [6, 6.07) is 14.5. The van der Waals surface area contributed by atoms with Gasteiger partial charge in [0.2, 0.25) is 0 Å². The lowest BCUT2D eigenvalue weighted by Gasteiger charge is -1.89. The lowest BCUT2D eigenvalue weighted by Crippen LogP contribution is -1.77. The fourth-order valence-corrected chi connectivity index (χ4v) is 1.32. The van der Waals surface area contributed by atoms with Crippen LogP contribution < -0.4 is 0 Å². The van der Waals surface area contributed by atoms with Gasteiger partial charge in [0, 0.05) is 12.4 Å². The van der Waals surface area contributed by atoms with Gasteiger partial charge in [0.05, 0.1) is 0 Å². The van der Waals surface area contributed by atoms with Crippen molar-refractivity contribution in [1.82, 2.24) is 4.98 Å². The van der Waals surface area contributed by atoms with Gasteiger partial charge in [-0.1, -0.05) is 50.2 Å². The molecule has 1 heteroatoms. The van der Waals surface area contributed by atoms with Gasteiger partial charge in [-0.05, 0) is 30.0 Å². The molecule has 0 saturated carbocycles. The average molecular weight is 213 g/mol. The van der Waals surface area contributed by atoms with E-state index in [4.69, 9.17) is 0 Å². The van der Waals surface area contributed by atoms with Crippen molar-refractivity contribution in [3.8, 4) is 0 Å². The van der Waals surface area contributed by atoms with Crippen LogP contribution in [0.4, 0.5) is 0 Å². The second-order valence-electron chi connectivity index (χ2n) is 3.55. The van der Waals surface area contributed by atoms with E-state index < -0.39 is 0 Å². The molecule has 0 N–H and O–H groups in total. The molecule has 0 unspecified atom stereocenters. The smallest absolute Gasteiger partial charge is 0.0299 e. The molecule has 0 bridgehead atoms. The van der Waals surface area contributed by atoms with Gasteiger partial charge in [-0.25, -0.2) is 0 Å². The number of benzene rings is 1. The van der Waals surface area contributed by atoms with E-state index in [1.165, 1.54) is 11.1 Å². The molecule has 0 spiro atoms. The van der Waals surface area contributed by atoms with E-state index >= 15 is 0 Å². The third-order valence-corrected chi connectivity index (χ3v) is 2.38. The summed E-state index contributed by atoms with van der Waals surface area (Å²) in [4.78, 5) is 3.96. The summed E-state index contributed by atoms with van der Waals surface area (Å²) in [5.41, 5.74) is 2.71. The molecule has 1 nitrogen and oxygen atoms in total. The fourth-order valence-electron chi connectivity index (χ4n) is 1.32. The number of hydrogen-bond donors (Lipinski definition) is 0. The molecule has 0 saturated heterocycles. The Kier molecular flexibility index (Phi) is 5.94. The van der Waals surface area contributed by atoms with Crippen LogP contribution in [-0.2, 0) is 12.8 Å². The molecule has 1 aromatic heterocycles. The monoisotopic (exact) mass is 213 g/mol. The van der Waals surface area contributed by atoms with Crippen molar-refractivity contribution >= 4 is 0 Å². The Bertz CT molecular complexity index is 328. The molecule has 0 atom stereocenters. The first-order chi connectivity index (χ1) is 7.86. The maximum absolute atomic E-state index is 3.96. The van der Waals surface area contributed by atoms with Gasteiger partial charge in [-0.3, -0.25) is 4.98 Å². The van der Waals surface area contributed by atoms with Crippen molar-refractivity contribution in [2.75, 3.05) is 0 Å². The van der Waals surface area contributed by atoms with E-state index in [1.807, 2.05) is 18.3 Å². The third-order valence-electron chi connectivity index (χ3n) is 2.38.